The van der Waals surface area contributed by atoms with E-state index < -0.39 is 0 Å². The molecule has 0 spiro atoms. The second-order valence-electron chi connectivity index (χ2n) is 3.13. The largest absolute Gasteiger partial charge is 0.382 e. The van der Waals surface area contributed by atoms with E-state index in [1.807, 2.05) is 0 Å². The van der Waals surface area contributed by atoms with Crippen molar-refractivity contribution >= 4 is 27.5 Å². The molecular weight excluding hydrogens is 270 g/mol. The summed E-state index contributed by atoms with van der Waals surface area (Å²) in [6.45, 7) is 0. The number of carbonyl (C=O) groups excluding carboxylic acids is 1. The molecule has 0 saturated carbocycles. The first-order chi connectivity index (χ1) is 7.68. The van der Waals surface area contributed by atoms with E-state index in [2.05, 4.69) is 25.9 Å². The van der Waals surface area contributed by atoms with Gasteiger partial charge in [0.1, 0.15) is 0 Å². The van der Waals surface area contributed by atoms with Crippen LogP contribution in [0.2, 0.25) is 0 Å². The van der Waals surface area contributed by atoms with Crippen LogP contribution in [0.25, 0.3) is 0 Å². The number of hydrogen-bond acceptors (Lipinski definition) is 4. The van der Waals surface area contributed by atoms with Crippen molar-refractivity contribution in [2.45, 2.75) is 0 Å². The lowest BCUT2D eigenvalue weighted by Crippen LogP contribution is -2.09. The van der Waals surface area contributed by atoms with Crippen LogP contribution in [0.15, 0.2) is 41.1 Å². The van der Waals surface area contributed by atoms with E-state index in [1.165, 1.54) is 12.4 Å². The lowest BCUT2D eigenvalue weighted by molar-refractivity contribution is 0.103. The van der Waals surface area contributed by atoms with Crippen molar-refractivity contribution in [3.05, 3.63) is 52.4 Å². The Morgan fingerprint density at radius 3 is 2.38 bits per heavy atom. The summed E-state index contributed by atoms with van der Waals surface area (Å²) >= 11 is 3.30. The summed E-state index contributed by atoms with van der Waals surface area (Å²) in [5.41, 5.74) is 6.31. The van der Waals surface area contributed by atoms with E-state index >= 15 is 0 Å². The maximum Gasteiger partial charge on any atom is 0.215 e. The van der Waals surface area contributed by atoms with Gasteiger partial charge in [-0.05, 0) is 24.3 Å². The third-order valence-corrected chi connectivity index (χ3v) is 2.58. The Labute approximate surface area is 101 Å². The quantitative estimate of drug-likeness (QED) is 0.853. The normalized spacial score (nSPS) is 10.1. The van der Waals surface area contributed by atoms with Gasteiger partial charge in [-0.2, -0.15) is 0 Å². The van der Waals surface area contributed by atoms with Gasteiger partial charge in [0.25, 0.3) is 0 Å². The number of halogens is 1. The number of nitrogen functional groups attached to an aromatic ring is 1. The number of carbonyl (C=O) groups is 1. The van der Waals surface area contributed by atoms with Gasteiger partial charge in [0, 0.05) is 22.4 Å². The first-order valence-corrected chi connectivity index (χ1v) is 5.34. The average Bonchev–Trinajstić information content (AvgIpc) is 2.30. The minimum absolute atomic E-state index is 0.149. The van der Waals surface area contributed by atoms with Crippen molar-refractivity contribution in [2.75, 3.05) is 5.73 Å². The monoisotopic (exact) mass is 277 g/mol. The van der Waals surface area contributed by atoms with Crippen molar-refractivity contribution in [1.29, 1.82) is 0 Å². The van der Waals surface area contributed by atoms with Gasteiger partial charge in [-0.15, -0.1) is 0 Å². The first kappa shape index (κ1) is 10.8. The molecule has 0 unspecified atom stereocenters. The lowest BCUT2D eigenvalue weighted by Gasteiger charge is -2.02. The van der Waals surface area contributed by atoms with Gasteiger partial charge < -0.3 is 5.73 Å². The zero-order chi connectivity index (χ0) is 11.5. The molecule has 4 nitrogen and oxygen atoms in total. The van der Waals surface area contributed by atoms with E-state index in [-0.39, 0.29) is 17.3 Å². The number of ketones is 1. The van der Waals surface area contributed by atoms with Gasteiger partial charge in [-0.25, -0.2) is 9.97 Å². The lowest BCUT2D eigenvalue weighted by atomic mass is 10.1. The van der Waals surface area contributed by atoms with Crippen molar-refractivity contribution < 1.29 is 4.79 Å². The van der Waals surface area contributed by atoms with Gasteiger partial charge in [0.2, 0.25) is 5.78 Å². The molecule has 1 aromatic heterocycles. The zero-order valence-corrected chi connectivity index (χ0v) is 9.81. The van der Waals surface area contributed by atoms with Gasteiger partial charge >= 0.3 is 0 Å². The molecule has 2 N–H and O–H groups in total. The Hall–Kier alpha value is -1.75. The molecule has 5 heteroatoms. The third-order valence-electron chi connectivity index (χ3n) is 2.05. The Kier molecular flexibility index (Phi) is 2.96. The van der Waals surface area contributed by atoms with Gasteiger partial charge in [0.15, 0.2) is 11.5 Å². The number of aromatic nitrogens is 2. The molecule has 0 bridgehead atoms. The summed E-state index contributed by atoms with van der Waals surface area (Å²) in [4.78, 5) is 19.7. The second kappa shape index (κ2) is 4.40. The van der Waals surface area contributed by atoms with Crippen LogP contribution in [0.1, 0.15) is 16.1 Å². The van der Waals surface area contributed by atoms with E-state index in [0.29, 0.717) is 5.56 Å². The molecule has 0 aliphatic heterocycles. The van der Waals surface area contributed by atoms with Crippen molar-refractivity contribution in [1.82, 2.24) is 9.97 Å². The Balaban J connectivity index is 2.40. The van der Waals surface area contributed by atoms with Crippen LogP contribution in [0.4, 0.5) is 5.82 Å². The number of anilines is 1. The van der Waals surface area contributed by atoms with E-state index in [1.54, 1.807) is 24.3 Å². The molecule has 2 rings (SSSR count). The highest BCUT2D eigenvalue weighted by molar-refractivity contribution is 9.10. The molecular formula is C11H8BrN3O. The molecule has 0 radical (unpaired) electrons. The van der Waals surface area contributed by atoms with Crippen molar-refractivity contribution in [3.8, 4) is 0 Å². The van der Waals surface area contributed by atoms with Gasteiger partial charge in [-0.1, -0.05) is 15.9 Å². The predicted molar refractivity (Wildman–Crippen MR) is 64.0 cm³/mol. The fourth-order valence-corrected chi connectivity index (χ4v) is 1.53. The molecule has 0 atom stereocenters. The first-order valence-electron chi connectivity index (χ1n) is 4.55. The van der Waals surface area contributed by atoms with Crippen LogP contribution < -0.4 is 5.73 Å². The minimum atomic E-state index is -0.224. The third kappa shape index (κ3) is 2.09. The molecule has 16 heavy (non-hydrogen) atoms. The molecule has 0 fully saturated rings. The molecule has 1 heterocycles. The Bertz CT molecular complexity index is 525. The number of nitrogens with zero attached hydrogens (tertiary/aromatic N) is 2. The SMILES string of the molecule is Nc1nccnc1C(=O)c1ccc(Br)cc1. The Morgan fingerprint density at radius 1 is 1.12 bits per heavy atom. The topological polar surface area (TPSA) is 68.9 Å². The Morgan fingerprint density at radius 2 is 1.75 bits per heavy atom. The highest BCUT2D eigenvalue weighted by atomic mass is 79.9. The highest BCUT2D eigenvalue weighted by Crippen LogP contribution is 2.15. The van der Waals surface area contributed by atoms with E-state index in [0.717, 1.165) is 4.47 Å². The van der Waals surface area contributed by atoms with Crippen LogP contribution in [0.3, 0.4) is 0 Å². The van der Waals surface area contributed by atoms with Gasteiger partial charge in [-0.3, -0.25) is 4.79 Å². The predicted octanol–water partition coefficient (Wildman–Crippen LogP) is 2.05. The van der Waals surface area contributed by atoms with Crippen LogP contribution in [0, 0.1) is 0 Å². The number of benzene rings is 1. The summed E-state index contributed by atoms with van der Waals surface area (Å²) in [5, 5.41) is 0. The fourth-order valence-electron chi connectivity index (χ4n) is 1.26. The smallest absolute Gasteiger partial charge is 0.215 e. The number of hydrogen-bond donors (Lipinski definition) is 1. The number of rotatable bonds is 2. The molecule has 1 aromatic carbocycles. The van der Waals surface area contributed by atoms with Crippen LogP contribution >= 0.6 is 15.9 Å². The van der Waals surface area contributed by atoms with E-state index in [4.69, 9.17) is 5.73 Å². The summed E-state index contributed by atoms with van der Waals surface area (Å²) in [7, 11) is 0. The highest BCUT2D eigenvalue weighted by Gasteiger charge is 2.13. The fraction of sp³-hybridized carbons (Fsp3) is 0. The summed E-state index contributed by atoms with van der Waals surface area (Å²) < 4.78 is 0.913. The molecule has 2 aromatic rings. The molecule has 0 amide bonds. The minimum Gasteiger partial charge on any atom is -0.382 e. The van der Waals surface area contributed by atoms with E-state index in [9.17, 15) is 4.79 Å². The summed E-state index contributed by atoms with van der Waals surface area (Å²) in [5.74, 6) is -0.0754. The van der Waals surface area contributed by atoms with Gasteiger partial charge in [0.05, 0.1) is 0 Å². The summed E-state index contributed by atoms with van der Waals surface area (Å²) in [6, 6.07) is 7.00. The standard InChI is InChI=1S/C11H8BrN3O/c12-8-3-1-7(2-4-8)10(16)9-11(13)15-6-5-14-9/h1-6H,(H2,13,15). The maximum absolute atomic E-state index is 12.0. The second-order valence-corrected chi connectivity index (χ2v) is 4.04. The number of nitrogens with two attached hydrogens (primary N) is 1. The van der Waals surface area contributed by atoms with Crippen molar-refractivity contribution in [3.63, 3.8) is 0 Å². The average molecular weight is 278 g/mol. The molecule has 0 aliphatic rings. The zero-order valence-electron chi connectivity index (χ0n) is 8.22. The van der Waals surface area contributed by atoms with Crippen LogP contribution in [-0.2, 0) is 0 Å². The molecule has 80 valence electrons. The molecule has 0 saturated heterocycles. The van der Waals surface area contributed by atoms with Crippen molar-refractivity contribution in [2.24, 2.45) is 0 Å². The molecule has 0 aliphatic carbocycles. The van der Waals surface area contributed by atoms with Crippen LogP contribution in [0.5, 0.6) is 0 Å². The maximum atomic E-state index is 12.0. The summed E-state index contributed by atoms with van der Waals surface area (Å²) in [6.07, 6.45) is 2.90. The van der Waals surface area contributed by atoms with Crippen LogP contribution in [-0.4, -0.2) is 15.8 Å².